The van der Waals surface area contributed by atoms with Crippen molar-refractivity contribution in [3.63, 3.8) is 0 Å². The lowest BCUT2D eigenvalue weighted by atomic mass is 10.0. The lowest BCUT2D eigenvalue weighted by Gasteiger charge is -2.15. The quantitative estimate of drug-likeness (QED) is 0.694. The van der Waals surface area contributed by atoms with Crippen molar-refractivity contribution in [2.24, 2.45) is 0 Å². The van der Waals surface area contributed by atoms with Gasteiger partial charge >= 0.3 is 0 Å². The Hall–Kier alpha value is -2.94. The van der Waals surface area contributed by atoms with Crippen LogP contribution in [0.3, 0.4) is 0 Å². The van der Waals surface area contributed by atoms with E-state index in [-0.39, 0.29) is 5.91 Å². The summed E-state index contributed by atoms with van der Waals surface area (Å²) in [5.41, 5.74) is 3.13. The molecule has 3 aromatic rings. The van der Waals surface area contributed by atoms with Crippen LogP contribution in [0.15, 0.2) is 78.9 Å². The van der Waals surface area contributed by atoms with Crippen molar-refractivity contribution in [2.75, 3.05) is 5.32 Å². The third-order valence-electron chi connectivity index (χ3n) is 3.89. The number of halogens is 1. The molecule has 0 saturated heterocycles. The molecule has 0 bridgehead atoms. The Kier molecular flexibility index (Phi) is 4.71. The van der Waals surface area contributed by atoms with Gasteiger partial charge in [-0.2, -0.15) is 0 Å². The Balaban J connectivity index is 1.87. The number of benzene rings is 3. The van der Waals surface area contributed by atoms with Crippen LogP contribution in [0.2, 0.25) is 0 Å². The fraction of sp³-hybridized carbons (Fsp3) is 0.0952. The van der Waals surface area contributed by atoms with Crippen LogP contribution >= 0.6 is 0 Å². The zero-order chi connectivity index (χ0) is 16.9. The average molecular weight is 319 g/mol. The topological polar surface area (TPSA) is 29.1 Å². The first-order valence-corrected chi connectivity index (χ1v) is 7.81. The van der Waals surface area contributed by atoms with Gasteiger partial charge in [-0.25, -0.2) is 4.39 Å². The first kappa shape index (κ1) is 15.9. The highest BCUT2D eigenvalue weighted by atomic mass is 19.1. The van der Waals surface area contributed by atoms with Gasteiger partial charge in [-0.15, -0.1) is 0 Å². The molecule has 3 aromatic carbocycles. The fourth-order valence-corrected chi connectivity index (χ4v) is 2.53. The first-order chi connectivity index (χ1) is 11.6. The number of alkyl halides is 1. The highest BCUT2D eigenvalue weighted by Crippen LogP contribution is 2.31. The number of hydrogen-bond donors (Lipinski definition) is 1. The number of rotatable bonds is 4. The lowest BCUT2D eigenvalue weighted by Crippen LogP contribution is -2.14. The van der Waals surface area contributed by atoms with E-state index in [1.54, 1.807) is 60.7 Å². The molecule has 0 aliphatic heterocycles. The minimum atomic E-state index is -1.29. The Morgan fingerprint density at radius 3 is 2.21 bits per heavy atom. The molecule has 0 aliphatic carbocycles. The van der Waals surface area contributed by atoms with Crippen molar-refractivity contribution in [1.29, 1.82) is 0 Å². The third kappa shape index (κ3) is 3.51. The summed E-state index contributed by atoms with van der Waals surface area (Å²) in [6, 6.07) is 23.2. The van der Waals surface area contributed by atoms with E-state index in [0.29, 0.717) is 22.4 Å². The minimum absolute atomic E-state index is 0.247. The summed E-state index contributed by atoms with van der Waals surface area (Å²) in [7, 11) is 0. The van der Waals surface area contributed by atoms with Gasteiger partial charge in [0.25, 0.3) is 5.91 Å². The van der Waals surface area contributed by atoms with Crippen LogP contribution in [0, 0.1) is 6.92 Å². The van der Waals surface area contributed by atoms with Crippen LogP contribution < -0.4 is 5.32 Å². The summed E-state index contributed by atoms with van der Waals surface area (Å²) < 4.78 is 14.9. The van der Waals surface area contributed by atoms with E-state index in [9.17, 15) is 9.18 Å². The lowest BCUT2D eigenvalue weighted by molar-refractivity contribution is 0.102. The Morgan fingerprint density at radius 1 is 0.875 bits per heavy atom. The second-order valence-electron chi connectivity index (χ2n) is 5.68. The van der Waals surface area contributed by atoms with Crippen LogP contribution in [0.5, 0.6) is 0 Å². The third-order valence-corrected chi connectivity index (χ3v) is 3.89. The van der Waals surface area contributed by atoms with Crippen molar-refractivity contribution in [1.82, 2.24) is 0 Å². The van der Waals surface area contributed by atoms with Crippen LogP contribution in [0.25, 0.3) is 0 Å². The van der Waals surface area contributed by atoms with Gasteiger partial charge in [0.15, 0.2) is 6.17 Å². The summed E-state index contributed by atoms with van der Waals surface area (Å²) in [5, 5.41) is 2.82. The van der Waals surface area contributed by atoms with Gasteiger partial charge < -0.3 is 5.32 Å². The SMILES string of the molecule is Cc1ccc(C(=O)Nc2ccccc2C(F)c2ccccc2)cc1. The monoisotopic (exact) mass is 319 g/mol. The molecule has 0 aliphatic rings. The molecule has 1 atom stereocenters. The zero-order valence-electron chi connectivity index (χ0n) is 13.4. The summed E-state index contributed by atoms with van der Waals surface area (Å²) >= 11 is 0. The number of anilines is 1. The molecule has 120 valence electrons. The summed E-state index contributed by atoms with van der Waals surface area (Å²) in [6.45, 7) is 1.96. The molecule has 1 unspecified atom stereocenters. The maximum absolute atomic E-state index is 14.9. The Morgan fingerprint density at radius 2 is 1.50 bits per heavy atom. The number of nitrogens with one attached hydrogen (secondary N) is 1. The Labute approximate surface area is 141 Å². The van der Waals surface area contributed by atoms with Crippen LogP contribution in [-0.2, 0) is 0 Å². The van der Waals surface area contributed by atoms with Crippen molar-refractivity contribution >= 4 is 11.6 Å². The summed E-state index contributed by atoms with van der Waals surface area (Å²) in [5.74, 6) is -0.247. The second-order valence-corrected chi connectivity index (χ2v) is 5.68. The summed E-state index contributed by atoms with van der Waals surface area (Å²) in [6.07, 6.45) is -1.29. The predicted molar refractivity (Wildman–Crippen MR) is 95.0 cm³/mol. The largest absolute Gasteiger partial charge is 0.322 e. The smallest absolute Gasteiger partial charge is 0.255 e. The highest BCUT2D eigenvalue weighted by Gasteiger charge is 2.17. The molecular weight excluding hydrogens is 301 g/mol. The van der Waals surface area contributed by atoms with Crippen molar-refractivity contribution in [3.8, 4) is 0 Å². The minimum Gasteiger partial charge on any atom is -0.322 e. The van der Waals surface area contributed by atoms with E-state index in [2.05, 4.69) is 5.32 Å². The second kappa shape index (κ2) is 7.09. The number of hydrogen-bond acceptors (Lipinski definition) is 1. The molecule has 1 amide bonds. The van der Waals surface area contributed by atoms with Gasteiger partial charge in [0.1, 0.15) is 0 Å². The van der Waals surface area contributed by atoms with E-state index in [1.165, 1.54) is 0 Å². The molecule has 0 fully saturated rings. The van der Waals surface area contributed by atoms with E-state index in [1.807, 2.05) is 25.1 Å². The van der Waals surface area contributed by atoms with Crippen molar-refractivity contribution < 1.29 is 9.18 Å². The molecule has 0 aromatic heterocycles. The van der Waals surface area contributed by atoms with Gasteiger partial charge in [0.2, 0.25) is 0 Å². The van der Waals surface area contributed by atoms with Gasteiger partial charge in [0.05, 0.1) is 0 Å². The molecule has 2 nitrogen and oxygen atoms in total. The molecule has 0 saturated carbocycles. The molecular formula is C21H18FNO. The Bertz CT molecular complexity index is 828. The normalized spacial score (nSPS) is 11.8. The molecule has 0 heterocycles. The molecule has 1 N–H and O–H groups in total. The van der Waals surface area contributed by atoms with Crippen molar-refractivity contribution in [2.45, 2.75) is 13.1 Å². The standard InChI is InChI=1S/C21H18FNO/c1-15-11-13-17(14-12-15)21(24)23-19-10-6-5-9-18(19)20(22)16-7-3-2-4-8-16/h2-14,20H,1H3,(H,23,24). The molecule has 24 heavy (non-hydrogen) atoms. The number of carbonyl (C=O) groups is 1. The number of amides is 1. The molecule has 0 radical (unpaired) electrons. The van der Waals surface area contributed by atoms with Crippen LogP contribution in [-0.4, -0.2) is 5.91 Å². The van der Waals surface area contributed by atoms with Gasteiger partial charge in [-0.3, -0.25) is 4.79 Å². The van der Waals surface area contributed by atoms with E-state index in [4.69, 9.17) is 0 Å². The van der Waals surface area contributed by atoms with Crippen LogP contribution in [0.4, 0.5) is 10.1 Å². The van der Waals surface area contributed by atoms with Crippen LogP contribution in [0.1, 0.15) is 33.2 Å². The molecule has 3 heteroatoms. The van der Waals surface area contributed by atoms with Crippen molar-refractivity contribution in [3.05, 3.63) is 101 Å². The van der Waals surface area contributed by atoms with E-state index >= 15 is 0 Å². The van der Waals surface area contributed by atoms with Gasteiger partial charge in [-0.05, 0) is 30.7 Å². The maximum atomic E-state index is 14.9. The van der Waals surface area contributed by atoms with Gasteiger partial charge in [-0.1, -0.05) is 66.2 Å². The number of aryl methyl sites for hydroxylation is 1. The fourth-order valence-electron chi connectivity index (χ4n) is 2.53. The van der Waals surface area contributed by atoms with E-state index in [0.717, 1.165) is 5.56 Å². The maximum Gasteiger partial charge on any atom is 0.255 e. The first-order valence-electron chi connectivity index (χ1n) is 7.81. The highest BCUT2D eigenvalue weighted by molar-refractivity contribution is 6.04. The molecule has 0 spiro atoms. The van der Waals surface area contributed by atoms with E-state index < -0.39 is 6.17 Å². The summed E-state index contributed by atoms with van der Waals surface area (Å²) in [4.78, 5) is 12.4. The predicted octanol–water partition coefficient (Wildman–Crippen LogP) is 5.31. The number of para-hydroxylation sites is 1. The molecule has 3 rings (SSSR count). The zero-order valence-corrected chi connectivity index (χ0v) is 13.4. The number of carbonyl (C=O) groups excluding carboxylic acids is 1. The van der Waals surface area contributed by atoms with Gasteiger partial charge in [0, 0.05) is 16.8 Å². The average Bonchev–Trinajstić information content (AvgIpc) is 2.63.